The molecule has 0 aliphatic carbocycles. The van der Waals surface area contributed by atoms with Crippen molar-refractivity contribution in [1.29, 1.82) is 0 Å². The number of aromatic nitrogens is 3. The van der Waals surface area contributed by atoms with Crippen LogP contribution in [0.2, 0.25) is 0 Å². The molecule has 0 N–H and O–H groups in total. The quantitative estimate of drug-likeness (QED) is 0.505. The van der Waals surface area contributed by atoms with Gasteiger partial charge in [0.25, 0.3) is 0 Å². The maximum absolute atomic E-state index is 11.4. The number of carbonyl (C=O) groups excluding carboxylic acids is 1. The number of hydrogen-bond acceptors (Lipinski definition) is 3. The molecule has 2 aromatic rings. The van der Waals surface area contributed by atoms with Crippen molar-refractivity contribution >= 4 is 16.8 Å². The Hall–Kier alpha value is -1.91. The third-order valence-corrected chi connectivity index (χ3v) is 1.92. The van der Waals surface area contributed by atoms with Gasteiger partial charge in [0.2, 0.25) is 0 Å². The van der Waals surface area contributed by atoms with Gasteiger partial charge in [-0.15, -0.1) is 4.68 Å². The summed E-state index contributed by atoms with van der Waals surface area (Å²) < 4.78 is 2.12. The summed E-state index contributed by atoms with van der Waals surface area (Å²) >= 11 is 0. The van der Waals surface area contributed by atoms with Crippen LogP contribution in [-0.4, -0.2) is 15.6 Å². The van der Waals surface area contributed by atoms with Crippen LogP contribution in [0.5, 0.6) is 0 Å². The molecule has 0 unspecified atom stereocenters. The monoisotopic (exact) mass is 191 g/mol. The van der Waals surface area contributed by atoms with Gasteiger partial charge in [-0.2, -0.15) is 0 Å². The average molecular weight is 191 g/mol. The van der Waals surface area contributed by atoms with Crippen LogP contribution in [0.25, 0.3) is 11.0 Å². The Kier molecular flexibility index (Phi) is 1.92. The Morgan fingerprint density at radius 3 is 3.21 bits per heavy atom. The Bertz CT molecular complexity index is 490. The molecule has 0 saturated carbocycles. The number of nitrogens with zero attached hydrogens (tertiary/aromatic N) is 3. The highest BCUT2D eigenvalue weighted by Gasteiger charge is 2.13. The molecule has 2 rings (SSSR count). The highest BCUT2D eigenvalue weighted by Crippen LogP contribution is 2.07. The highest BCUT2D eigenvalue weighted by molar-refractivity contribution is 5.78. The SMILES string of the molecule is CC(=O)Cn1ncc2ccc[n+]([O-])c21. The van der Waals surface area contributed by atoms with Gasteiger partial charge >= 0.3 is 5.65 Å². The number of carbonyl (C=O) groups is 1. The van der Waals surface area contributed by atoms with E-state index in [4.69, 9.17) is 0 Å². The van der Waals surface area contributed by atoms with E-state index in [-0.39, 0.29) is 12.3 Å². The minimum absolute atomic E-state index is 0.0288. The molecule has 0 fully saturated rings. The molecule has 0 aliphatic rings. The van der Waals surface area contributed by atoms with E-state index < -0.39 is 0 Å². The van der Waals surface area contributed by atoms with Gasteiger partial charge < -0.3 is 5.21 Å². The van der Waals surface area contributed by atoms with Crippen LogP contribution < -0.4 is 4.73 Å². The topological polar surface area (TPSA) is 61.8 Å². The summed E-state index contributed by atoms with van der Waals surface area (Å²) in [5.41, 5.74) is 0.419. The van der Waals surface area contributed by atoms with Gasteiger partial charge in [0, 0.05) is 0 Å². The number of Topliss-reactive ketones (excluding diaryl/α,β-unsaturated/α-hetero) is 1. The fourth-order valence-electron chi connectivity index (χ4n) is 1.37. The van der Waals surface area contributed by atoms with Crippen LogP contribution in [0.15, 0.2) is 24.5 Å². The normalized spacial score (nSPS) is 10.6. The van der Waals surface area contributed by atoms with Crippen LogP contribution in [0, 0.1) is 5.21 Å². The second-order valence-electron chi connectivity index (χ2n) is 3.12. The summed E-state index contributed by atoms with van der Waals surface area (Å²) in [6.45, 7) is 1.60. The fraction of sp³-hybridized carbons (Fsp3) is 0.222. The average Bonchev–Trinajstić information content (AvgIpc) is 2.49. The van der Waals surface area contributed by atoms with Crippen molar-refractivity contribution < 1.29 is 9.52 Å². The molecule has 2 aromatic heterocycles. The van der Waals surface area contributed by atoms with E-state index in [0.717, 1.165) is 5.39 Å². The van der Waals surface area contributed by atoms with Crippen molar-refractivity contribution in [3.63, 3.8) is 0 Å². The van der Waals surface area contributed by atoms with Gasteiger partial charge in [0.15, 0.2) is 12.3 Å². The van der Waals surface area contributed by atoms with Crippen LogP contribution in [0.3, 0.4) is 0 Å². The molecule has 0 saturated heterocycles. The Morgan fingerprint density at radius 2 is 2.50 bits per heavy atom. The molecule has 0 aliphatic heterocycles. The maximum Gasteiger partial charge on any atom is 0.314 e. The number of pyridine rings is 1. The zero-order valence-electron chi connectivity index (χ0n) is 7.67. The van der Waals surface area contributed by atoms with Gasteiger partial charge in [-0.25, -0.2) is 4.73 Å². The van der Waals surface area contributed by atoms with Crippen molar-refractivity contribution in [2.24, 2.45) is 0 Å². The fourth-order valence-corrected chi connectivity index (χ4v) is 1.37. The van der Waals surface area contributed by atoms with Crippen molar-refractivity contribution in [2.75, 3.05) is 0 Å². The lowest BCUT2D eigenvalue weighted by molar-refractivity contribution is -0.580. The van der Waals surface area contributed by atoms with E-state index in [9.17, 15) is 10.0 Å². The second-order valence-corrected chi connectivity index (χ2v) is 3.12. The van der Waals surface area contributed by atoms with Crippen LogP contribution >= 0.6 is 0 Å². The lowest BCUT2D eigenvalue weighted by atomic mass is 10.3. The molecule has 72 valence electrons. The predicted octanol–water partition coefficient (Wildman–Crippen LogP) is 0.259. The summed E-state index contributed by atoms with van der Waals surface area (Å²) in [6, 6.07) is 3.43. The molecule has 0 aromatic carbocycles. The second kappa shape index (κ2) is 3.10. The van der Waals surface area contributed by atoms with Crippen LogP contribution in [-0.2, 0) is 11.3 Å². The first-order valence-corrected chi connectivity index (χ1v) is 4.21. The predicted molar refractivity (Wildman–Crippen MR) is 49.4 cm³/mol. The molecular formula is C9H9N3O2. The molecule has 5 heteroatoms. The van der Waals surface area contributed by atoms with E-state index in [1.54, 1.807) is 18.3 Å². The lowest BCUT2D eigenvalue weighted by Gasteiger charge is -2.02. The van der Waals surface area contributed by atoms with Crippen molar-refractivity contribution in [2.45, 2.75) is 13.5 Å². The lowest BCUT2D eigenvalue weighted by Crippen LogP contribution is -2.29. The first kappa shape index (κ1) is 8.68. The summed E-state index contributed by atoms with van der Waals surface area (Å²) in [5.74, 6) is -0.0288. The van der Waals surface area contributed by atoms with Gasteiger partial charge in [-0.05, 0) is 19.1 Å². The first-order valence-electron chi connectivity index (χ1n) is 4.21. The standard InChI is InChI=1S/C9H9N3O2/c1-7(13)6-11-9-8(5-10-11)3-2-4-12(9)14/h2-5H,6H2,1H3. The van der Waals surface area contributed by atoms with E-state index in [2.05, 4.69) is 5.10 Å². The molecule has 0 atom stereocenters. The molecule has 0 spiro atoms. The van der Waals surface area contributed by atoms with Crippen LogP contribution in [0.4, 0.5) is 0 Å². The Labute approximate surface area is 80.2 Å². The van der Waals surface area contributed by atoms with E-state index in [1.165, 1.54) is 17.8 Å². The number of fused-ring (bicyclic) bond motifs is 1. The Balaban J connectivity index is 2.61. The minimum Gasteiger partial charge on any atom is -0.711 e. The summed E-state index contributed by atoms with van der Waals surface area (Å²) in [6.07, 6.45) is 2.97. The summed E-state index contributed by atoms with van der Waals surface area (Å²) in [7, 11) is 0. The van der Waals surface area contributed by atoms with Crippen molar-refractivity contribution in [1.82, 2.24) is 9.78 Å². The van der Waals surface area contributed by atoms with E-state index >= 15 is 0 Å². The van der Waals surface area contributed by atoms with Gasteiger partial charge in [-0.3, -0.25) is 4.79 Å². The van der Waals surface area contributed by atoms with Gasteiger partial charge in [0.1, 0.15) is 0 Å². The highest BCUT2D eigenvalue weighted by atomic mass is 16.5. The molecule has 0 radical (unpaired) electrons. The van der Waals surface area contributed by atoms with Gasteiger partial charge in [-0.1, -0.05) is 5.10 Å². The smallest absolute Gasteiger partial charge is 0.314 e. The number of ketones is 1. The van der Waals surface area contributed by atoms with E-state index in [0.29, 0.717) is 10.4 Å². The third-order valence-electron chi connectivity index (χ3n) is 1.92. The molecule has 2 heterocycles. The summed E-state index contributed by atoms with van der Waals surface area (Å²) in [5, 5.41) is 16.1. The van der Waals surface area contributed by atoms with Crippen molar-refractivity contribution in [3.05, 3.63) is 29.7 Å². The number of hydrogen-bond donors (Lipinski definition) is 0. The minimum atomic E-state index is -0.0288. The van der Waals surface area contributed by atoms with Gasteiger partial charge in [0.05, 0.1) is 17.8 Å². The summed E-state index contributed by atoms with van der Waals surface area (Å²) in [4.78, 5) is 10.9. The molecule has 5 nitrogen and oxygen atoms in total. The maximum atomic E-state index is 11.4. The molecular weight excluding hydrogens is 182 g/mol. The zero-order chi connectivity index (χ0) is 10.1. The molecule has 0 amide bonds. The Morgan fingerprint density at radius 1 is 1.71 bits per heavy atom. The van der Waals surface area contributed by atoms with E-state index in [1.807, 2.05) is 0 Å². The number of rotatable bonds is 2. The zero-order valence-corrected chi connectivity index (χ0v) is 7.67. The molecule has 0 bridgehead atoms. The molecule has 14 heavy (non-hydrogen) atoms. The first-order chi connectivity index (χ1) is 6.68. The van der Waals surface area contributed by atoms with Crippen molar-refractivity contribution in [3.8, 4) is 0 Å². The largest absolute Gasteiger partial charge is 0.711 e. The van der Waals surface area contributed by atoms with Crippen LogP contribution in [0.1, 0.15) is 6.92 Å². The third kappa shape index (κ3) is 1.32.